The Hall–Kier alpha value is -1.15. The van der Waals surface area contributed by atoms with Gasteiger partial charge in [0.05, 0.1) is 0 Å². The molecule has 3 saturated carbocycles. The fraction of sp³-hybridized carbons (Fsp3) is 0.767. The highest BCUT2D eigenvalue weighted by molar-refractivity contribution is 5.97. The van der Waals surface area contributed by atoms with Crippen LogP contribution in [0.5, 0.6) is 0 Å². The quantitative estimate of drug-likeness (QED) is 0.485. The minimum absolute atomic E-state index is 0.0273. The van der Waals surface area contributed by atoms with Crippen molar-refractivity contribution in [2.24, 2.45) is 38.9 Å². The van der Waals surface area contributed by atoms with Crippen molar-refractivity contribution >= 4 is 5.78 Å². The van der Waals surface area contributed by atoms with Crippen LogP contribution in [-0.2, 0) is 4.79 Å². The molecule has 2 heteroatoms. The van der Waals surface area contributed by atoms with Gasteiger partial charge in [-0.05, 0) is 95.3 Å². The molecule has 0 aromatic heterocycles. The van der Waals surface area contributed by atoms with Gasteiger partial charge < -0.3 is 5.11 Å². The Bertz CT molecular complexity index is 1010. The fourth-order valence-electron chi connectivity index (χ4n) is 10.5. The summed E-state index contributed by atoms with van der Waals surface area (Å²) in [7, 11) is 0. The minimum atomic E-state index is -0.847. The van der Waals surface area contributed by atoms with Gasteiger partial charge in [0.2, 0.25) is 0 Å². The van der Waals surface area contributed by atoms with E-state index in [2.05, 4.69) is 47.6 Å². The number of aliphatic hydroxyl groups is 1. The summed E-state index contributed by atoms with van der Waals surface area (Å²) in [5.74, 6) is 1.26. The van der Waals surface area contributed by atoms with Crippen LogP contribution in [0.4, 0.5) is 0 Å². The second-order valence-corrected chi connectivity index (χ2v) is 13.6. The van der Waals surface area contributed by atoms with Crippen LogP contribution in [0, 0.1) is 38.9 Å². The van der Waals surface area contributed by atoms with Crippen molar-refractivity contribution < 1.29 is 9.90 Å². The average molecular weight is 435 g/mol. The molecule has 0 aromatic rings. The van der Waals surface area contributed by atoms with Gasteiger partial charge in [0.25, 0.3) is 0 Å². The Morgan fingerprint density at radius 2 is 1.78 bits per heavy atom. The van der Waals surface area contributed by atoms with E-state index in [0.717, 1.165) is 12.3 Å². The van der Waals surface area contributed by atoms with Crippen molar-refractivity contribution in [2.75, 3.05) is 0 Å². The van der Waals surface area contributed by atoms with Gasteiger partial charge in [0.15, 0.2) is 5.78 Å². The lowest BCUT2D eigenvalue weighted by Gasteiger charge is -2.71. The van der Waals surface area contributed by atoms with Crippen LogP contribution in [0.2, 0.25) is 0 Å². The van der Waals surface area contributed by atoms with Gasteiger partial charge >= 0.3 is 0 Å². The normalized spacial score (nSPS) is 53.8. The number of hydrogen-bond donors (Lipinski definition) is 1. The molecule has 0 amide bonds. The Morgan fingerprint density at radius 1 is 1.03 bits per heavy atom. The predicted molar refractivity (Wildman–Crippen MR) is 129 cm³/mol. The summed E-state index contributed by atoms with van der Waals surface area (Å²) < 4.78 is 0. The highest BCUT2D eigenvalue weighted by Gasteiger charge is 2.74. The number of carbonyl (C=O) groups is 1. The molecule has 0 heterocycles. The molecule has 2 nitrogen and oxygen atoms in total. The lowest BCUT2D eigenvalue weighted by atomic mass is 9.33. The first-order valence-corrected chi connectivity index (χ1v) is 13.4. The average Bonchev–Trinajstić information content (AvgIpc) is 3.49. The molecule has 0 aliphatic heterocycles. The van der Waals surface area contributed by atoms with Gasteiger partial charge in [-0.25, -0.2) is 0 Å². The molecule has 32 heavy (non-hydrogen) atoms. The summed E-state index contributed by atoms with van der Waals surface area (Å²) in [4.78, 5) is 12.5. The van der Waals surface area contributed by atoms with Crippen LogP contribution in [0.3, 0.4) is 0 Å². The zero-order valence-corrected chi connectivity index (χ0v) is 21.1. The summed E-state index contributed by atoms with van der Waals surface area (Å²) in [5, 5.41) is 10.3. The molecule has 3 fully saturated rings. The molecule has 0 saturated heterocycles. The second-order valence-electron chi connectivity index (χ2n) is 13.6. The smallest absolute Gasteiger partial charge is 0.184 e. The number of hydrogen-bond acceptors (Lipinski definition) is 2. The first kappa shape index (κ1) is 21.4. The van der Waals surface area contributed by atoms with Crippen LogP contribution in [-0.4, -0.2) is 17.0 Å². The van der Waals surface area contributed by atoms with E-state index in [9.17, 15) is 9.90 Å². The molecular weight excluding hydrogens is 392 g/mol. The van der Waals surface area contributed by atoms with Gasteiger partial charge in [0.1, 0.15) is 6.10 Å². The van der Waals surface area contributed by atoms with E-state index < -0.39 is 6.10 Å². The van der Waals surface area contributed by atoms with Gasteiger partial charge in [0, 0.05) is 17.8 Å². The Kier molecular flexibility index (Phi) is 4.07. The SMILES string of the molecule is CC[C@@]12C[C@@H](C)CC[C@]1(C)CC[C@]1(C)C3=C4C=C5CC(O)C(=O)C=C5[C@](C)(CC[C@@]21C)C43. The Morgan fingerprint density at radius 3 is 2.50 bits per heavy atom. The second kappa shape index (κ2) is 6.09. The number of carbonyl (C=O) groups excluding carboxylic acids is 1. The molecule has 8 atom stereocenters. The molecule has 0 bridgehead atoms. The standard InChI is InChI=1S/C30H42O2/c1-7-30-17-18(2)8-9-26(30,3)10-12-28(5)25-20-14-19-15-22(31)23(32)16-21(19)27(4,24(20)25)11-13-29(28,30)6/h14,16,18,22,24,31H,7-13,15,17H2,1-6H3/t18-,22?,24?,26+,27-,28+,29+,30+/m0/s1. The zero-order valence-electron chi connectivity index (χ0n) is 21.1. The van der Waals surface area contributed by atoms with Gasteiger partial charge in [-0.15, -0.1) is 0 Å². The van der Waals surface area contributed by atoms with Crippen molar-refractivity contribution in [3.8, 4) is 0 Å². The Balaban J connectivity index is 1.55. The van der Waals surface area contributed by atoms with Crippen molar-refractivity contribution in [1.29, 1.82) is 0 Å². The molecule has 6 aliphatic carbocycles. The monoisotopic (exact) mass is 434 g/mol. The number of allylic oxidation sites excluding steroid dienone is 4. The first-order chi connectivity index (χ1) is 15.0. The molecule has 174 valence electrons. The summed E-state index contributed by atoms with van der Waals surface area (Å²) >= 11 is 0. The number of aliphatic hydroxyl groups excluding tert-OH is 1. The van der Waals surface area contributed by atoms with Crippen molar-refractivity contribution in [2.45, 2.75) is 105 Å². The van der Waals surface area contributed by atoms with Crippen molar-refractivity contribution in [1.82, 2.24) is 0 Å². The van der Waals surface area contributed by atoms with Crippen molar-refractivity contribution in [3.63, 3.8) is 0 Å². The van der Waals surface area contributed by atoms with E-state index in [1.54, 1.807) is 11.1 Å². The molecule has 0 spiro atoms. The molecule has 6 aliphatic rings. The third-order valence-corrected chi connectivity index (χ3v) is 12.6. The zero-order chi connectivity index (χ0) is 22.9. The maximum atomic E-state index is 12.5. The number of ketones is 1. The topological polar surface area (TPSA) is 37.3 Å². The summed E-state index contributed by atoms with van der Waals surface area (Å²) in [5.41, 5.74) is 7.20. The van der Waals surface area contributed by atoms with Gasteiger partial charge in [-0.2, -0.15) is 0 Å². The van der Waals surface area contributed by atoms with Gasteiger partial charge in [-0.1, -0.05) is 59.6 Å². The largest absolute Gasteiger partial charge is 0.385 e. The molecular formula is C30H42O2. The van der Waals surface area contributed by atoms with Crippen LogP contribution in [0.1, 0.15) is 99.3 Å². The third-order valence-electron chi connectivity index (χ3n) is 12.6. The summed E-state index contributed by atoms with van der Waals surface area (Å²) in [6, 6.07) is 0. The maximum Gasteiger partial charge on any atom is 0.184 e. The van der Waals surface area contributed by atoms with Crippen LogP contribution in [0.15, 0.2) is 34.4 Å². The highest BCUT2D eigenvalue weighted by Crippen LogP contribution is 2.82. The van der Waals surface area contributed by atoms with E-state index in [-0.39, 0.29) is 22.0 Å². The third kappa shape index (κ3) is 2.16. The minimum Gasteiger partial charge on any atom is -0.385 e. The van der Waals surface area contributed by atoms with E-state index in [1.165, 1.54) is 56.1 Å². The van der Waals surface area contributed by atoms with E-state index in [4.69, 9.17) is 0 Å². The summed E-state index contributed by atoms with van der Waals surface area (Å²) in [6.45, 7) is 15.4. The lowest BCUT2D eigenvalue weighted by molar-refractivity contribution is -0.208. The van der Waals surface area contributed by atoms with Crippen molar-refractivity contribution in [3.05, 3.63) is 34.4 Å². The van der Waals surface area contributed by atoms with E-state index in [0.29, 0.717) is 23.2 Å². The maximum absolute atomic E-state index is 12.5. The Labute approximate surface area is 194 Å². The number of fused-ring (bicyclic) bond motifs is 6. The number of rotatable bonds is 1. The van der Waals surface area contributed by atoms with Crippen LogP contribution < -0.4 is 0 Å². The molecule has 0 radical (unpaired) electrons. The van der Waals surface area contributed by atoms with Gasteiger partial charge in [-0.3, -0.25) is 4.79 Å². The van der Waals surface area contributed by atoms with E-state index in [1.807, 2.05) is 6.08 Å². The first-order valence-electron chi connectivity index (χ1n) is 13.4. The van der Waals surface area contributed by atoms with Crippen LogP contribution in [0.25, 0.3) is 0 Å². The molecule has 0 aromatic carbocycles. The molecule has 6 rings (SSSR count). The van der Waals surface area contributed by atoms with E-state index >= 15 is 0 Å². The highest BCUT2D eigenvalue weighted by atomic mass is 16.3. The molecule has 1 N–H and O–H groups in total. The lowest BCUT2D eigenvalue weighted by Crippen LogP contribution is -2.63. The fourth-order valence-corrected chi connectivity index (χ4v) is 10.5. The van der Waals surface area contributed by atoms with Crippen LogP contribution >= 0.6 is 0 Å². The predicted octanol–water partition coefficient (Wildman–Crippen LogP) is 6.94. The molecule has 2 unspecified atom stereocenters. The summed E-state index contributed by atoms with van der Waals surface area (Å²) in [6.07, 6.45) is 14.4.